The number of guanidine groups is 1. The number of ether oxygens (including phenoxy) is 1. The summed E-state index contributed by atoms with van der Waals surface area (Å²) in [6.07, 6.45) is -0.690. The molecule has 130 valence electrons. The highest BCUT2D eigenvalue weighted by Crippen LogP contribution is 2.19. The van der Waals surface area contributed by atoms with E-state index < -0.39 is 12.8 Å². The van der Waals surface area contributed by atoms with Crippen molar-refractivity contribution >= 4 is 29.9 Å². The van der Waals surface area contributed by atoms with Gasteiger partial charge in [-0.05, 0) is 31.4 Å². The lowest BCUT2D eigenvalue weighted by Crippen LogP contribution is -2.38. The molecular weight excluding hydrogens is 424 g/mol. The van der Waals surface area contributed by atoms with Crippen LogP contribution < -0.4 is 15.4 Å². The second-order valence-corrected chi connectivity index (χ2v) is 5.02. The van der Waals surface area contributed by atoms with Crippen molar-refractivity contribution in [2.75, 3.05) is 13.2 Å². The monoisotopic (exact) mass is 444 g/mol. The first-order chi connectivity index (χ1) is 10.5. The Kier molecular flexibility index (Phi) is 7.86. The molecule has 0 bridgehead atoms. The van der Waals surface area contributed by atoms with Crippen LogP contribution in [0.5, 0.6) is 5.88 Å². The van der Waals surface area contributed by atoms with Gasteiger partial charge in [-0.15, -0.1) is 24.0 Å². The van der Waals surface area contributed by atoms with Crippen LogP contribution in [0, 0.1) is 0 Å². The van der Waals surface area contributed by atoms with E-state index in [1.54, 1.807) is 6.07 Å². The van der Waals surface area contributed by atoms with Crippen LogP contribution in [0.1, 0.15) is 25.3 Å². The van der Waals surface area contributed by atoms with Gasteiger partial charge < -0.3 is 15.4 Å². The van der Waals surface area contributed by atoms with Gasteiger partial charge in [-0.2, -0.15) is 13.2 Å². The highest BCUT2D eigenvalue weighted by molar-refractivity contribution is 14.0. The molecule has 1 saturated carbocycles. The number of aliphatic imine (C=N–C) groups is 1. The van der Waals surface area contributed by atoms with E-state index in [1.807, 2.05) is 6.92 Å². The smallest absolute Gasteiger partial charge is 0.422 e. The predicted octanol–water partition coefficient (Wildman–Crippen LogP) is 2.86. The summed E-state index contributed by atoms with van der Waals surface area (Å²) < 4.78 is 41.0. The Bertz CT molecular complexity index is 521. The lowest BCUT2D eigenvalue weighted by molar-refractivity contribution is -0.154. The van der Waals surface area contributed by atoms with Crippen molar-refractivity contribution < 1.29 is 17.9 Å². The number of nitrogens with one attached hydrogen (secondary N) is 2. The molecule has 0 radical (unpaired) electrons. The summed E-state index contributed by atoms with van der Waals surface area (Å²) in [7, 11) is 0. The number of pyridine rings is 1. The summed E-state index contributed by atoms with van der Waals surface area (Å²) in [6.45, 7) is 1.71. The third-order valence-corrected chi connectivity index (χ3v) is 2.87. The first kappa shape index (κ1) is 19.8. The van der Waals surface area contributed by atoms with Gasteiger partial charge in [-0.25, -0.2) is 9.98 Å². The van der Waals surface area contributed by atoms with Crippen LogP contribution >= 0.6 is 24.0 Å². The number of hydrogen-bond donors (Lipinski definition) is 2. The summed E-state index contributed by atoms with van der Waals surface area (Å²) >= 11 is 0. The summed E-state index contributed by atoms with van der Waals surface area (Å²) in [4.78, 5) is 8.17. The van der Waals surface area contributed by atoms with Crippen molar-refractivity contribution in [2.24, 2.45) is 4.99 Å². The zero-order chi connectivity index (χ0) is 16.0. The Morgan fingerprint density at radius 1 is 1.43 bits per heavy atom. The molecule has 0 aromatic carbocycles. The molecule has 9 heteroatoms. The molecule has 1 heterocycles. The number of halogens is 4. The quantitative estimate of drug-likeness (QED) is 0.403. The van der Waals surface area contributed by atoms with Crippen molar-refractivity contribution in [3.05, 3.63) is 23.9 Å². The molecule has 0 aliphatic heterocycles. The molecule has 1 aromatic heterocycles. The van der Waals surface area contributed by atoms with Crippen LogP contribution in [-0.2, 0) is 6.54 Å². The van der Waals surface area contributed by atoms with E-state index in [9.17, 15) is 13.2 Å². The number of hydrogen-bond acceptors (Lipinski definition) is 3. The molecule has 0 amide bonds. The van der Waals surface area contributed by atoms with Crippen LogP contribution in [0.2, 0.25) is 0 Å². The van der Waals surface area contributed by atoms with Crippen LogP contribution in [0.15, 0.2) is 23.3 Å². The Balaban J connectivity index is 0.00000264. The maximum atomic E-state index is 12.1. The highest BCUT2D eigenvalue weighted by Gasteiger charge is 2.28. The van der Waals surface area contributed by atoms with Crippen molar-refractivity contribution in [1.29, 1.82) is 0 Å². The van der Waals surface area contributed by atoms with Crippen molar-refractivity contribution in [3.63, 3.8) is 0 Å². The zero-order valence-corrected chi connectivity index (χ0v) is 15.0. The lowest BCUT2D eigenvalue weighted by atomic mass is 10.3. The van der Waals surface area contributed by atoms with Crippen molar-refractivity contribution in [2.45, 2.75) is 38.5 Å². The topological polar surface area (TPSA) is 58.5 Å². The predicted molar refractivity (Wildman–Crippen MR) is 92.2 cm³/mol. The summed E-state index contributed by atoms with van der Waals surface area (Å²) in [5.41, 5.74) is 0.736. The van der Waals surface area contributed by atoms with E-state index in [2.05, 4.69) is 25.3 Å². The van der Waals surface area contributed by atoms with E-state index in [0.717, 1.165) is 24.9 Å². The number of rotatable bonds is 6. The van der Waals surface area contributed by atoms with Gasteiger partial charge in [0, 0.05) is 24.8 Å². The molecule has 1 fully saturated rings. The average Bonchev–Trinajstić information content (AvgIpc) is 3.27. The van der Waals surface area contributed by atoms with Crippen LogP contribution in [0.25, 0.3) is 0 Å². The molecule has 0 spiro atoms. The van der Waals surface area contributed by atoms with Gasteiger partial charge in [0.15, 0.2) is 12.6 Å². The molecule has 2 N–H and O–H groups in total. The number of nitrogens with zero attached hydrogens (tertiary/aromatic N) is 2. The molecule has 5 nitrogen and oxygen atoms in total. The maximum Gasteiger partial charge on any atom is 0.422 e. The molecule has 2 rings (SSSR count). The van der Waals surface area contributed by atoms with Gasteiger partial charge >= 0.3 is 6.18 Å². The zero-order valence-electron chi connectivity index (χ0n) is 12.7. The van der Waals surface area contributed by atoms with Gasteiger partial charge in [0.2, 0.25) is 5.88 Å². The van der Waals surface area contributed by atoms with Gasteiger partial charge in [0.25, 0.3) is 0 Å². The van der Waals surface area contributed by atoms with E-state index in [-0.39, 0.29) is 29.9 Å². The minimum Gasteiger partial charge on any atom is -0.468 e. The van der Waals surface area contributed by atoms with Gasteiger partial charge in [-0.1, -0.05) is 0 Å². The average molecular weight is 444 g/mol. The SMILES string of the molecule is CCNC(=NCc1ccnc(OCC(F)(F)F)c1)NC1CC1.I. The highest BCUT2D eigenvalue weighted by atomic mass is 127. The summed E-state index contributed by atoms with van der Waals surface area (Å²) in [5.74, 6) is 0.657. The van der Waals surface area contributed by atoms with E-state index >= 15 is 0 Å². The molecule has 1 aromatic rings. The van der Waals surface area contributed by atoms with Crippen LogP contribution in [0.3, 0.4) is 0 Å². The van der Waals surface area contributed by atoms with E-state index in [1.165, 1.54) is 12.3 Å². The van der Waals surface area contributed by atoms with Crippen LogP contribution in [-0.4, -0.2) is 36.3 Å². The molecule has 0 saturated heterocycles. The summed E-state index contributed by atoms with van der Waals surface area (Å²) in [5, 5.41) is 6.39. The minimum atomic E-state index is -4.37. The number of aromatic nitrogens is 1. The normalized spacial score (nSPS) is 14.9. The first-order valence-electron chi connectivity index (χ1n) is 7.15. The number of alkyl halides is 3. The van der Waals surface area contributed by atoms with Crippen molar-refractivity contribution in [3.8, 4) is 5.88 Å². The second kappa shape index (κ2) is 9.14. The van der Waals surface area contributed by atoms with Crippen LogP contribution in [0.4, 0.5) is 13.2 Å². The maximum absolute atomic E-state index is 12.1. The fourth-order valence-electron chi connectivity index (χ4n) is 1.69. The largest absolute Gasteiger partial charge is 0.468 e. The Morgan fingerprint density at radius 2 is 2.17 bits per heavy atom. The third-order valence-electron chi connectivity index (χ3n) is 2.87. The first-order valence-corrected chi connectivity index (χ1v) is 7.15. The Hall–Kier alpha value is -1.26. The third kappa shape index (κ3) is 8.24. The van der Waals surface area contributed by atoms with Gasteiger partial charge in [0.05, 0.1) is 6.54 Å². The molecule has 1 aliphatic rings. The molecule has 23 heavy (non-hydrogen) atoms. The fraction of sp³-hybridized carbons (Fsp3) is 0.571. The molecule has 0 unspecified atom stereocenters. The van der Waals surface area contributed by atoms with E-state index in [4.69, 9.17) is 0 Å². The Labute approximate surface area is 150 Å². The molecular formula is C14H20F3IN4O. The Morgan fingerprint density at radius 3 is 2.78 bits per heavy atom. The molecule has 0 atom stereocenters. The lowest BCUT2D eigenvalue weighted by Gasteiger charge is -2.11. The molecule has 1 aliphatic carbocycles. The van der Waals surface area contributed by atoms with Gasteiger partial charge in [-0.3, -0.25) is 0 Å². The van der Waals surface area contributed by atoms with Gasteiger partial charge in [0.1, 0.15) is 0 Å². The standard InChI is InChI=1S/C14H19F3N4O.HI/c1-2-18-13(21-11-3-4-11)20-8-10-5-6-19-12(7-10)22-9-14(15,16)17;/h5-7,11H,2-4,8-9H2,1H3,(H2,18,20,21);1H. The van der Waals surface area contributed by atoms with Crippen molar-refractivity contribution in [1.82, 2.24) is 15.6 Å². The minimum absolute atomic E-state index is 0. The fourth-order valence-corrected chi connectivity index (χ4v) is 1.69. The second-order valence-electron chi connectivity index (χ2n) is 5.02. The summed E-state index contributed by atoms with van der Waals surface area (Å²) in [6, 6.07) is 3.64. The van der Waals surface area contributed by atoms with E-state index in [0.29, 0.717) is 18.5 Å².